The molecule has 4 heteroatoms. The van der Waals surface area contributed by atoms with Crippen LogP contribution in [0.5, 0.6) is 5.75 Å². The maximum Gasteiger partial charge on any atom is 0.119 e. The number of nitrogens with one attached hydrogen (secondary N) is 1. The minimum atomic E-state index is 0.457. The van der Waals surface area contributed by atoms with E-state index in [1.807, 2.05) is 36.4 Å². The molecule has 96 valence electrons. The van der Waals surface area contributed by atoms with Crippen molar-refractivity contribution in [2.45, 2.75) is 6.54 Å². The molecule has 19 heavy (non-hydrogen) atoms. The van der Waals surface area contributed by atoms with Gasteiger partial charge >= 0.3 is 0 Å². The monoisotopic (exact) mass is 272 g/mol. The highest BCUT2D eigenvalue weighted by Gasteiger charge is 2.01. The Morgan fingerprint density at radius 2 is 2.11 bits per heavy atom. The summed E-state index contributed by atoms with van der Waals surface area (Å²) in [6.45, 7) is 0.666. The second-order valence-electron chi connectivity index (χ2n) is 4.01. The van der Waals surface area contributed by atoms with Crippen LogP contribution in [0.25, 0.3) is 0 Å². The number of hydrogen-bond donors (Lipinski definition) is 1. The normalized spacial score (nSPS) is 9.74. The minimum absolute atomic E-state index is 0.457. The SMILES string of the molecule is COc1cccc(CNc2ccc(C#N)c(Cl)c2)c1. The van der Waals surface area contributed by atoms with E-state index < -0.39 is 0 Å². The Balaban J connectivity index is 2.06. The predicted molar refractivity (Wildman–Crippen MR) is 76.5 cm³/mol. The van der Waals surface area contributed by atoms with Crippen molar-refractivity contribution in [3.05, 3.63) is 58.6 Å². The molecule has 3 nitrogen and oxygen atoms in total. The number of nitrogens with zero attached hydrogens (tertiary/aromatic N) is 1. The van der Waals surface area contributed by atoms with Gasteiger partial charge in [-0.3, -0.25) is 0 Å². The van der Waals surface area contributed by atoms with Crippen molar-refractivity contribution in [2.24, 2.45) is 0 Å². The molecular formula is C15H13ClN2O. The summed E-state index contributed by atoms with van der Waals surface area (Å²) in [6.07, 6.45) is 0. The molecule has 0 amide bonds. The highest BCUT2D eigenvalue weighted by molar-refractivity contribution is 6.32. The third kappa shape index (κ3) is 3.40. The standard InChI is InChI=1S/C15H13ClN2O/c1-19-14-4-2-3-11(7-14)10-18-13-6-5-12(9-17)15(16)8-13/h2-8,18H,10H2,1H3. The lowest BCUT2D eigenvalue weighted by atomic mass is 10.2. The third-order valence-electron chi connectivity index (χ3n) is 2.72. The molecule has 1 N–H and O–H groups in total. The first-order chi connectivity index (χ1) is 9.22. The van der Waals surface area contributed by atoms with E-state index in [0.717, 1.165) is 17.0 Å². The van der Waals surface area contributed by atoms with Gasteiger partial charge in [0.25, 0.3) is 0 Å². The van der Waals surface area contributed by atoms with Crippen LogP contribution in [0.4, 0.5) is 5.69 Å². The highest BCUT2D eigenvalue weighted by atomic mass is 35.5. The Kier molecular flexibility index (Phi) is 4.27. The predicted octanol–water partition coefficient (Wildman–Crippen LogP) is 3.83. The van der Waals surface area contributed by atoms with Crippen molar-refractivity contribution >= 4 is 17.3 Å². The topological polar surface area (TPSA) is 45.0 Å². The van der Waals surface area contributed by atoms with Gasteiger partial charge in [-0.05, 0) is 35.9 Å². The molecule has 0 aromatic heterocycles. The van der Waals surface area contributed by atoms with Crippen LogP contribution in [0.3, 0.4) is 0 Å². The first-order valence-corrected chi connectivity index (χ1v) is 6.17. The Morgan fingerprint density at radius 1 is 1.26 bits per heavy atom. The number of hydrogen-bond acceptors (Lipinski definition) is 3. The summed E-state index contributed by atoms with van der Waals surface area (Å²) < 4.78 is 5.17. The van der Waals surface area contributed by atoms with Gasteiger partial charge in [-0.25, -0.2) is 0 Å². The molecule has 0 saturated carbocycles. The van der Waals surface area contributed by atoms with E-state index in [4.69, 9.17) is 21.6 Å². The average Bonchev–Trinajstić information content (AvgIpc) is 2.45. The van der Waals surface area contributed by atoms with Crippen LogP contribution in [0.1, 0.15) is 11.1 Å². The highest BCUT2D eigenvalue weighted by Crippen LogP contribution is 2.21. The molecule has 0 heterocycles. The molecule has 0 spiro atoms. The van der Waals surface area contributed by atoms with Gasteiger partial charge in [0.1, 0.15) is 11.8 Å². The molecule has 0 unspecified atom stereocenters. The molecule has 0 saturated heterocycles. The fraction of sp³-hybridized carbons (Fsp3) is 0.133. The fourth-order valence-electron chi connectivity index (χ4n) is 1.70. The van der Waals surface area contributed by atoms with Gasteiger partial charge in [0.2, 0.25) is 0 Å². The zero-order chi connectivity index (χ0) is 13.7. The first kappa shape index (κ1) is 13.3. The van der Waals surface area contributed by atoms with Gasteiger partial charge in [-0.2, -0.15) is 5.26 Å². The summed E-state index contributed by atoms with van der Waals surface area (Å²) in [5.41, 5.74) is 2.47. The number of rotatable bonds is 4. The van der Waals surface area contributed by atoms with Crippen molar-refractivity contribution in [3.8, 4) is 11.8 Å². The van der Waals surface area contributed by atoms with Crippen LogP contribution in [0, 0.1) is 11.3 Å². The van der Waals surface area contributed by atoms with Gasteiger partial charge in [-0.1, -0.05) is 23.7 Å². The van der Waals surface area contributed by atoms with Crippen molar-refractivity contribution in [1.29, 1.82) is 5.26 Å². The Morgan fingerprint density at radius 3 is 2.79 bits per heavy atom. The Bertz CT molecular complexity index is 620. The summed E-state index contributed by atoms with van der Waals surface area (Å²) in [6, 6.07) is 15.2. The molecule has 0 aliphatic rings. The van der Waals surface area contributed by atoms with Gasteiger partial charge in [0.05, 0.1) is 17.7 Å². The van der Waals surface area contributed by atoms with Crippen molar-refractivity contribution < 1.29 is 4.74 Å². The quantitative estimate of drug-likeness (QED) is 0.920. The Hall–Kier alpha value is -2.18. The second-order valence-corrected chi connectivity index (χ2v) is 4.42. The minimum Gasteiger partial charge on any atom is -0.497 e. The molecule has 0 aliphatic heterocycles. The zero-order valence-corrected chi connectivity index (χ0v) is 11.2. The van der Waals surface area contributed by atoms with E-state index in [0.29, 0.717) is 17.1 Å². The van der Waals surface area contributed by atoms with Gasteiger partial charge in [0, 0.05) is 12.2 Å². The van der Waals surface area contributed by atoms with E-state index in [2.05, 4.69) is 5.32 Å². The average molecular weight is 273 g/mol. The van der Waals surface area contributed by atoms with Gasteiger partial charge in [-0.15, -0.1) is 0 Å². The van der Waals surface area contributed by atoms with E-state index in [-0.39, 0.29) is 0 Å². The van der Waals surface area contributed by atoms with E-state index in [1.165, 1.54) is 0 Å². The third-order valence-corrected chi connectivity index (χ3v) is 3.03. The number of methoxy groups -OCH3 is 1. The summed E-state index contributed by atoms with van der Waals surface area (Å²) in [7, 11) is 1.65. The maximum absolute atomic E-state index is 8.81. The number of benzene rings is 2. The lowest BCUT2D eigenvalue weighted by molar-refractivity contribution is 0.414. The lowest BCUT2D eigenvalue weighted by Crippen LogP contribution is -1.99. The van der Waals surface area contributed by atoms with Crippen LogP contribution >= 0.6 is 11.6 Å². The van der Waals surface area contributed by atoms with E-state index >= 15 is 0 Å². The van der Waals surface area contributed by atoms with Gasteiger partial charge in [0.15, 0.2) is 0 Å². The van der Waals surface area contributed by atoms with E-state index in [1.54, 1.807) is 19.2 Å². The molecule has 2 rings (SSSR count). The molecular weight excluding hydrogens is 260 g/mol. The number of anilines is 1. The summed E-state index contributed by atoms with van der Waals surface area (Å²) in [4.78, 5) is 0. The molecule has 0 atom stereocenters. The molecule has 0 radical (unpaired) electrons. The Labute approximate surface area is 117 Å². The smallest absolute Gasteiger partial charge is 0.119 e. The summed E-state index contributed by atoms with van der Waals surface area (Å²) in [5.74, 6) is 0.831. The molecule has 0 aliphatic carbocycles. The van der Waals surface area contributed by atoms with Crippen molar-refractivity contribution in [3.63, 3.8) is 0 Å². The number of nitriles is 1. The number of ether oxygens (including phenoxy) is 1. The second kappa shape index (κ2) is 6.12. The van der Waals surface area contributed by atoms with Crippen LogP contribution in [-0.4, -0.2) is 7.11 Å². The fourth-order valence-corrected chi connectivity index (χ4v) is 1.93. The van der Waals surface area contributed by atoms with Crippen molar-refractivity contribution in [1.82, 2.24) is 0 Å². The molecule has 2 aromatic rings. The van der Waals surface area contributed by atoms with Gasteiger partial charge < -0.3 is 10.1 Å². The summed E-state index contributed by atoms with van der Waals surface area (Å²) in [5, 5.41) is 12.5. The molecule has 2 aromatic carbocycles. The zero-order valence-electron chi connectivity index (χ0n) is 10.5. The van der Waals surface area contributed by atoms with Crippen LogP contribution in [-0.2, 0) is 6.54 Å². The lowest BCUT2D eigenvalue weighted by Gasteiger charge is -2.08. The van der Waals surface area contributed by atoms with Crippen LogP contribution < -0.4 is 10.1 Å². The molecule has 0 bridgehead atoms. The maximum atomic E-state index is 8.81. The first-order valence-electron chi connectivity index (χ1n) is 5.79. The number of halogens is 1. The summed E-state index contributed by atoms with van der Waals surface area (Å²) >= 11 is 5.98. The van der Waals surface area contributed by atoms with Crippen LogP contribution in [0.2, 0.25) is 5.02 Å². The van der Waals surface area contributed by atoms with Crippen molar-refractivity contribution in [2.75, 3.05) is 12.4 Å². The largest absolute Gasteiger partial charge is 0.497 e. The van der Waals surface area contributed by atoms with E-state index in [9.17, 15) is 0 Å². The molecule has 0 fully saturated rings. The van der Waals surface area contributed by atoms with Crippen LogP contribution in [0.15, 0.2) is 42.5 Å².